The molecule has 1 saturated heterocycles. The third-order valence-corrected chi connectivity index (χ3v) is 4.77. The smallest absolute Gasteiger partial charge is 0.433 e. The molecule has 0 amide bonds. The molecular weight excluding hydrogens is 400 g/mol. The molecule has 1 aromatic carbocycles. The molecule has 1 aliphatic rings. The first-order chi connectivity index (χ1) is 14.3. The van der Waals surface area contributed by atoms with Crippen LogP contribution in [0, 0.1) is 5.82 Å². The van der Waals surface area contributed by atoms with E-state index in [-0.39, 0.29) is 5.82 Å². The number of aliphatic carboxylic acids is 1. The number of rotatable bonds is 5. The number of benzene rings is 1. The summed E-state index contributed by atoms with van der Waals surface area (Å²) in [6, 6.07) is 7.70. The van der Waals surface area contributed by atoms with E-state index in [4.69, 9.17) is 5.11 Å². The summed E-state index contributed by atoms with van der Waals surface area (Å²) in [5, 5.41) is 8.88. The minimum absolute atomic E-state index is 0.184. The van der Waals surface area contributed by atoms with Gasteiger partial charge >= 0.3 is 12.1 Å². The molecule has 0 atom stereocenters. The molecule has 0 radical (unpaired) electrons. The van der Waals surface area contributed by atoms with Crippen molar-refractivity contribution < 1.29 is 27.5 Å². The van der Waals surface area contributed by atoms with Crippen molar-refractivity contribution in [3.63, 3.8) is 0 Å². The van der Waals surface area contributed by atoms with Gasteiger partial charge in [0.05, 0.1) is 0 Å². The van der Waals surface area contributed by atoms with Crippen LogP contribution in [0.3, 0.4) is 0 Å². The van der Waals surface area contributed by atoms with Gasteiger partial charge in [0.25, 0.3) is 0 Å². The van der Waals surface area contributed by atoms with Crippen LogP contribution in [0.2, 0.25) is 0 Å². The number of halogens is 4. The second-order valence-corrected chi connectivity index (χ2v) is 6.90. The maximum atomic E-state index is 13.4. The second kappa shape index (κ2) is 9.11. The second-order valence-electron chi connectivity index (χ2n) is 6.90. The summed E-state index contributed by atoms with van der Waals surface area (Å²) < 4.78 is 53.3. The van der Waals surface area contributed by atoms with Crippen LogP contribution in [0.5, 0.6) is 0 Å². The van der Waals surface area contributed by atoms with Gasteiger partial charge in [0.2, 0.25) is 0 Å². The summed E-state index contributed by atoms with van der Waals surface area (Å²) in [5.41, 5.74) is 0.415. The van der Waals surface area contributed by atoms with Crippen molar-refractivity contribution in [3.8, 4) is 0 Å². The van der Waals surface area contributed by atoms with Crippen LogP contribution < -0.4 is 4.90 Å². The normalized spacial score (nSPS) is 15.6. The van der Waals surface area contributed by atoms with Gasteiger partial charge in [-0.2, -0.15) is 13.2 Å². The van der Waals surface area contributed by atoms with Crippen molar-refractivity contribution in [1.82, 2.24) is 4.98 Å². The summed E-state index contributed by atoms with van der Waals surface area (Å²) in [6.45, 7) is 1.14. The zero-order chi connectivity index (χ0) is 21.7. The molecule has 1 N–H and O–H groups in total. The van der Waals surface area contributed by atoms with E-state index in [1.807, 2.05) is 4.90 Å². The largest absolute Gasteiger partial charge is 0.478 e. The highest BCUT2D eigenvalue weighted by molar-refractivity contribution is 5.87. The highest BCUT2D eigenvalue weighted by atomic mass is 19.4. The first-order valence-electron chi connectivity index (χ1n) is 9.46. The standard InChI is InChI=1S/C22H20F4N2O2/c23-16-9-7-15(8-10-16)17(5-4-6-20(29)30)18-11-12-19(22(24,25)26)27-21(18)28-13-2-1-3-14-28/h4-12H,1-3,13-14H2,(H,29,30). The van der Waals surface area contributed by atoms with Crippen LogP contribution in [-0.4, -0.2) is 29.1 Å². The number of anilines is 1. The third kappa shape index (κ3) is 5.25. The summed E-state index contributed by atoms with van der Waals surface area (Å²) in [4.78, 5) is 16.6. The molecule has 0 aliphatic carbocycles. The van der Waals surface area contributed by atoms with Gasteiger partial charge in [0, 0.05) is 24.7 Å². The molecule has 3 rings (SSSR count). The van der Waals surface area contributed by atoms with Crippen LogP contribution >= 0.6 is 0 Å². The van der Waals surface area contributed by atoms with Crippen molar-refractivity contribution in [2.45, 2.75) is 25.4 Å². The summed E-state index contributed by atoms with van der Waals surface area (Å²) in [7, 11) is 0. The van der Waals surface area contributed by atoms with E-state index >= 15 is 0 Å². The Hall–Kier alpha value is -3.16. The Bertz CT molecular complexity index is 960. The molecule has 158 valence electrons. The monoisotopic (exact) mass is 420 g/mol. The van der Waals surface area contributed by atoms with Gasteiger partial charge in [-0.3, -0.25) is 0 Å². The summed E-state index contributed by atoms with van der Waals surface area (Å²) in [6.07, 6.45) is 1.77. The fourth-order valence-electron chi connectivity index (χ4n) is 3.36. The number of aromatic nitrogens is 1. The van der Waals surface area contributed by atoms with Gasteiger partial charge < -0.3 is 10.0 Å². The number of hydrogen-bond acceptors (Lipinski definition) is 3. The Kier molecular flexibility index (Phi) is 6.54. The number of alkyl halides is 3. The van der Waals surface area contributed by atoms with Crippen molar-refractivity contribution >= 4 is 17.4 Å². The zero-order valence-electron chi connectivity index (χ0n) is 16.0. The van der Waals surface area contributed by atoms with E-state index in [0.717, 1.165) is 31.4 Å². The molecule has 1 fully saturated rings. The molecule has 2 aromatic rings. The minimum Gasteiger partial charge on any atom is -0.478 e. The Balaban J connectivity index is 2.17. The quantitative estimate of drug-likeness (QED) is 0.405. The van der Waals surface area contributed by atoms with E-state index in [9.17, 15) is 22.4 Å². The van der Waals surface area contributed by atoms with Crippen LogP contribution in [-0.2, 0) is 11.0 Å². The predicted octanol–water partition coefficient (Wildman–Crippen LogP) is 5.30. The number of allylic oxidation sites excluding steroid dienone is 2. The summed E-state index contributed by atoms with van der Waals surface area (Å²) in [5.74, 6) is -1.43. The van der Waals surface area contributed by atoms with Crippen molar-refractivity contribution in [2.75, 3.05) is 18.0 Å². The molecule has 2 heterocycles. The fraction of sp³-hybridized carbons (Fsp3) is 0.273. The lowest BCUT2D eigenvalue weighted by Crippen LogP contribution is -2.31. The maximum Gasteiger partial charge on any atom is 0.433 e. The molecule has 0 unspecified atom stereocenters. The molecule has 4 nitrogen and oxygen atoms in total. The van der Waals surface area contributed by atoms with Crippen molar-refractivity contribution in [1.29, 1.82) is 0 Å². The molecular formula is C22H20F4N2O2. The van der Waals surface area contributed by atoms with Crippen LogP contribution in [0.4, 0.5) is 23.4 Å². The van der Waals surface area contributed by atoms with Crippen LogP contribution in [0.1, 0.15) is 36.1 Å². The third-order valence-electron chi connectivity index (χ3n) is 4.77. The topological polar surface area (TPSA) is 53.4 Å². The number of pyridine rings is 1. The predicted molar refractivity (Wildman–Crippen MR) is 106 cm³/mol. The van der Waals surface area contributed by atoms with Crippen molar-refractivity contribution in [3.05, 3.63) is 77.3 Å². The van der Waals surface area contributed by atoms with Crippen LogP contribution in [0.25, 0.3) is 5.57 Å². The highest BCUT2D eigenvalue weighted by Gasteiger charge is 2.34. The number of hydrogen-bond donors (Lipinski definition) is 1. The van der Waals surface area contributed by atoms with Gasteiger partial charge in [-0.15, -0.1) is 0 Å². The lowest BCUT2D eigenvalue weighted by atomic mass is 9.96. The molecule has 30 heavy (non-hydrogen) atoms. The molecule has 0 spiro atoms. The lowest BCUT2D eigenvalue weighted by Gasteiger charge is -2.30. The van der Waals surface area contributed by atoms with E-state index in [1.54, 1.807) is 0 Å². The van der Waals surface area contributed by atoms with Gasteiger partial charge in [0.15, 0.2) is 0 Å². The summed E-state index contributed by atoms with van der Waals surface area (Å²) >= 11 is 0. The molecule has 1 aliphatic heterocycles. The fourth-order valence-corrected chi connectivity index (χ4v) is 3.36. The number of carboxylic acid groups (broad SMARTS) is 1. The number of piperidine rings is 1. The zero-order valence-corrected chi connectivity index (χ0v) is 16.0. The number of carboxylic acids is 1. The number of nitrogens with zero attached hydrogens (tertiary/aromatic N) is 2. The Morgan fingerprint density at radius 3 is 2.30 bits per heavy atom. The molecule has 0 saturated carbocycles. The maximum absolute atomic E-state index is 13.4. The minimum atomic E-state index is -4.59. The van der Waals surface area contributed by atoms with E-state index in [1.165, 1.54) is 42.5 Å². The van der Waals surface area contributed by atoms with Gasteiger partial charge in [-0.1, -0.05) is 24.3 Å². The van der Waals surface area contributed by atoms with E-state index in [0.29, 0.717) is 29.8 Å². The molecule has 0 bridgehead atoms. The Morgan fingerprint density at radius 2 is 1.70 bits per heavy atom. The molecule has 1 aromatic heterocycles. The van der Waals surface area contributed by atoms with Gasteiger partial charge in [-0.05, 0) is 54.7 Å². The van der Waals surface area contributed by atoms with Crippen molar-refractivity contribution in [2.24, 2.45) is 0 Å². The van der Waals surface area contributed by atoms with Gasteiger partial charge in [-0.25, -0.2) is 14.2 Å². The lowest BCUT2D eigenvalue weighted by molar-refractivity contribution is -0.141. The Morgan fingerprint density at radius 1 is 1.03 bits per heavy atom. The average molecular weight is 420 g/mol. The van der Waals surface area contributed by atoms with E-state index in [2.05, 4.69) is 4.98 Å². The van der Waals surface area contributed by atoms with Gasteiger partial charge in [0.1, 0.15) is 17.3 Å². The van der Waals surface area contributed by atoms with Crippen LogP contribution in [0.15, 0.2) is 54.6 Å². The Labute approximate surface area is 171 Å². The molecule has 8 heteroatoms. The first kappa shape index (κ1) is 21.5. The number of carbonyl (C=O) groups is 1. The first-order valence-corrected chi connectivity index (χ1v) is 9.46. The highest BCUT2D eigenvalue weighted by Crippen LogP contribution is 2.36. The average Bonchev–Trinajstić information content (AvgIpc) is 2.71. The SMILES string of the molecule is O=C(O)C=CC=C(c1ccc(F)cc1)c1ccc(C(F)(F)F)nc1N1CCCCC1. The van der Waals surface area contributed by atoms with E-state index < -0.39 is 23.7 Å².